The van der Waals surface area contributed by atoms with Gasteiger partial charge in [-0.1, -0.05) is 6.07 Å². The van der Waals surface area contributed by atoms with Gasteiger partial charge in [0.05, 0.1) is 11.1 Å². The second kappa shape index (κ2) is 9.25. The van der Waals surface area contributed by atoms with Crippen LogP contribution in [0.1, 0.15) is 10.6 Å². The highest BCUT2D eigenvalue weighted by atomic mass is 16.3. The summed E-state index contributed by atoms with van der Waals surface area (Å²) in [5.74, 6) is -0.419. The van der Waals surface area contributed by atoms with Gasteiger partial charge in [0.1, 0.15) is 0 Å². The van der Waals surface area contributed by atoms with Crippen molar-refractivity contribution in [2.45, 2.75) is 0 Å². The molecule has 0 unspecified atom stereocenters. The molecule has 1 aromatic heterocycles. The zero-order valence-electron chi connectivity index (χ0n) is 18.8. The van der Waals surface area contributed by atoms with Crippen LogP contribution in [0.5, 0.6) is 0 Å². The molecule has 3 heterocycles. The summed E-state index contributed by atoms with van der Waals surface area (Å²) in [6.45, 7) is 7.41. The van der Waals surface area contributed by atoms with E-state index in [0.717, 1.165) is 63.7 Å². The number of hydrogen-bond acceptors (Lipinski definition) is 7. The van der Waals surface area contributed by atoms with Gasteiger partial charge in [0, 0.05) is 69.8 Å². The van der Waals surface area contributed by atoms with E-state index in [1.807, 2.05) is 36.4 Å². The molecule has 3 aromatic rings. The standard InChI is InChI=1S/C25H29N5O3/c1-28-13-15-30(16-14-28)21-4-2-3-20-22(31)17-23(33-24(20)21)25(32)27-18-5-7-19(8-6-18)29-11-9-26-10-12-29/h2-8,17,26H,9-16H2,1H3,(H,27,32). The van der Waals surface area contributed by atoms with Gasteiger partial charge in [-0.25, -0.2) is 0 Å². The molecule has 2 saturated heterocycles. The van der Waals surface area contributed by atoms with Gasteiger partial charge in [-0.2, -0.15) is 0 Å². The third-order valence-electron chi connectivity index (χ3n) is 6.41. The van der Waals surface area contributed by atoms with E-state index in [1.165, 1.54) is 6.07 Å². The SMILES string of the molecule is CN1CCN(c2cccc3c(=O)cc(C(=O)Nc4ccc(N5CCNCC5)cc4)oc23)CC1. The first-order chi connectivity index (χ1) is 16.1. The number of fused-ring (bicyclic) bond motifs is 1. The number of anilines is 3. The van der Waals surface area contributed by atoms with Crippen LogP contribution >= 0.6 is 0 Å². The number of nitrogens with one attached hydrogen (secondary N) is 2. The molecule has 5 rings (SSSR count). The zero-order chi connectivity index (χ0) is 22.8. The largest absolute Gasteiger partial charge is 0.448 e. The van der Waals surface area contributed by atoms with Gasteiger partial charge in [0.15, 0.2) is 16.8 Å². The van der Waals surface area contributed by atoms with Crippen LogP contribution in [0.15, 0.2) is 57.7 Å². The lowest BCUT2D eigenvalue weighted by atomic mass is 10.1. The quantitative estimate of drug-likeness (QED) is 0.635. The van der Waals surface area contributed by atoms with Gasteiger partial charge in [0.25, 0.3) is 5.91 Å². The molecule has 8 heteroatoms. The highest BCUT2D eigenvalue weighted by Crippen LogP contribution is 2.27. The molecule has 2 aliphatic rings. The summed E-state index contributed by atoms with van der Waals surface area (Å²) in [4.78, 5) is 32.5. The summed E-state index contributed by atoms with van der Waals surface area (Å²) >= 11 is 0. The van der Waals surface area contributed by atoms with Gasteiger partial charge in [-0.15, -0.1) is 0 Å². The van der Waals surface area contributed by atoms with E-state index in [-0.39, 0.29) is 11.2 Å². The van der Waals surface area contributed by atoms with Crippen molar-refractivity contribution < 1.29 is 9.21 Å². The van der Waals surface area contributed by atoms with Crippen LogP contribution in [-0.2, 0) is 0 Å². The summed E-state index contributed by atoms with van der Waals surface area (Å²) in [6, 6.07) is 14.6. The zero-order valence-corrected chi connectivity index (χ0v) is 18.8. The van der Waals surface area contributed by atoms with E-state index >= 15 is 0 Å². The van der Waals surface area contributed by atoms with Crippen molar-refractivity contribution in [1.82, 2.24) is 10.2 Å². The maximum absolute atomic E-state index is 12.9. The number of rotatable bonds is 4. The molecule has 0 atom stereocenters. The molecule has 1 amide bonds. The molecule has 0 radical (unpaired) electrons. The normalized spacial score (nSPS) is 17.4. The molecular weight excluding hydrogens is 418 g/mol. The molecule has 0 saturated carbocycles. The van der Waals surface area contributed by atoms with Gasteiger partial charge in [0.2, 0.25) is 0 Å². The fourth-order valence-electron chi connectivity index (χ4n) is 4.44. The van der Waals surface area contributed by atoms with Crippen molar-refractivity contribution in [2.75, 3.05) is 74.5 Å². The number of hydrogen-bond donors (Lipinski definition) is 2. The predicted molar refractivity (Wildman–Crippen MR) is 132 cm³/mol. The summed E-state index contributed by atoms with van der Waals surface area (Å²) < 4.78 is 6.02. The van der Waals surface area contributed by atoms with Crippen molar-refractivity contribution in [3.8, 4) is 0 Å². The minimum Gasteiger partial charge on any atom is -0.448 e. The first kappa shape index (κ1) is 21.5. The van der Waals surface area contributed by atoms with Crippen LogP contribution in [0.2, 0.25) is 0 Å². The number of likely N-dealkylation sites (N-methyl/N-ethyl adjacent to an activating group) is 1. The Labute approximate surface area is 192 Å². The number of piperazine rings is 2. The Morgan fingerprint density at radius 2 is 1.67 bits per heavy atom. The van der Waals surface area contributed by atoms with Crippen molar-refractivity contribution in [1.29, 1.82) is 0 Å². The number of para-hydroxylation sites is 1. The molecule has 0 bridgehead atoms. The van der Waals surface area contributed by atoms with Crippen LogP contribution in [-0.4, -0.2) is 70.2 Å². The summed E-state index contributed by atoms with van der Waals surface area (Å²) in [5, 5.41) is 6.70. The number of amides is 1. The molecule has 2 aliphatic heterocycles. The minimum atomic E-state index is -0.433. The first-order valence-corrected chi connectivity index (χ1v) is 11.5. The number of carbonyl (C=O) groups excluding carboxylic acids is 1. The number of nitrogens with zero attached hydrogens (tertiary/aromatic N) is 3. The van der Waals surface area contributed by atoms with E-state index in [1.54, 1.807) is 6.07 Å². The lowest BCUT2D eigenvalue weighted by Gasteiger charge is -2.34. The highest BCUT2D eigenvalue weighted by molar-refractivity contribution is 6.03. The number of carbonyl (C=O) groups is 1. The molecule has 172 valence electrons. The Kier molecular flexibility index (Phi) is 6.02. The topological polar surface area (TPSA) is 81.1 Å². The maximum atomic E-state index is 12.9. The Morgan fingerprint density at radius 3 is 2.39 bits per heavy atom. The van der Waals surface area contributed by atoms with E-state index in [9.17, 15) is 9.59 Å². The Morgan fingerprint density at radius 1 is 0.939 bits per heavy atom. The Balaban J connectivity index is 1.38. The van der Waals surface area contributed by atoms with Crippen LogP contribution in [0, 0.1) is 0 Å². The van der Waals surface area contributed by atoms with Crippen LogP contribution in [0.25, 0.3) is 11.0 Å². The monoisotopic (exact) mass is 447 g/mol. The van der Waals surface area contributed by atoms with E-state index in [4.69, 9.17) is 4.42 Å². The Bertz CT molecular complexity index is 1190. The predicted octanol–water partition coefficient (Wildman–Crippen LogP) is 2.21. The lowest BCUT2D eigenvalue weighted by molar-refractivity contribution is 0.0997. The molecule has 0 spiro atoms. The minimum absolute atomic E-state index is 0.0141. The van der Waals surface area contributed by atoms with Crippen molar-refractivity contribution in [2.24, 2.45) is 0 Å². The van der Waals surface area contributed by atoms with Crippen molar-refractivity contribution in [3.63, 3.8) is 0 Å². The van der Waals surface area contributed by atoms with Crippen LogP contribution in [0.4, 0.5) is 17.1 Å². The summed E-state index contributed by atoms with van der Waals surface area (Å²) in [6.07, 6.45) is 0. The molecular formula is C25H29N5O3. The first-order valence-electron chi connectivity index (χ1n) is 11.5. The fraction of sp³-hybridized carbons (Fsp3) is 0.360. The van der Waals surface area contributed by atoms with E-state index < -0.39 is 5.91 Å². The van der Waals surface area contributed by atoms with Gasteiger partial charge < -0.3 is 29.8 Å². The van der Waals surface area contributed by atoms with Crippen LogP contribution in [0.3, 0.4) is 0 Å². The molecule has 8 nitrogen and oxygen atoms in total. The molecule has 2 fully saturated rings. The van der Waals surface area contributed by atoms with Crippen molar-refractivity contribution >= 4 is 33.9 Å². The van der Waals surface area contributed by atoms with Gasteiger partial charge >= 0.3 is 0 Å². The number of benzene rings is 2. The Hall–Kier alpha value is -3.36. The molecule has 2 N–H and O–H groups in total. The van der Waals surface area contributed by atoms with E-state index in [2.05, 4.69) is 32.4 Å². The maximum Gasteiger partial charge on any atom is 0.291 e. The smallest absolute Gasteiger partial charge is 0.291 e. The summed E-state index contributed by atoms with van der Waals surface area (Å²) in [7, 11) is 2.10. The lowest BCUT2D eigenvalue weighted by Crippen LogP contribution is -2.44. The van der Waals surface area contributed by atoms with E-state index in [0.29, 0.717) is 16.7 Å². The second-order valence-electron chi connectivity index (χ2n) is 8.66. The third kappa shape index (κ3) is 4.58. The fourth-order valence-corrected chi connectivity index (χ4v) is 4.44. The average Bonchev–Trinajstić information content (AvgIpc) is 2.85. The van der Waals surface area contributed by atoms with Crippen molar-refractivity contribution in [3.05, 3.63) is 64.5 Å². The third-order valence-corrected chi connectivity index (χ3v) is 6.41. The summed E-state index contributed by atoms with van der Waals surface area (Å²) in [5.41, 5.74) is 2.89. The average molecular weight is 448 g/mol. The molecule has 0 aliphatic carbocycles. The van der Waals surface area contributed by atoms with Crippen LogP contribution < -0.4 is 25.9 Å². The molecule has 2 aromatic carbocycles. The molecule has 33 heavy (non-hydrogen) atoms. The van der Waals surface area contributed by atoms with Gasteiger partial charge in [-0.3, -0.25) is 9.59 Å². The highest BCUT2D eigenvalue weighted by Gasteiger charge is 2.20. The second-order valence-corrected chi connectivity index (χ2v) is 8.66. The van der Waals surface area contributed by atoms with Gasteiger partial charge in [-0.05, 0) is 43.4 Å².